The Kier molecular flexibility index (Phi) is 12.6. The molecule has 1 unspecified atom stereocenters. The van der Waals surface area contributed by atoms with Crippen molar-refractivity contribution < 1.29 is 27.5 Å². The number of hydrogen-bond acceptors (Lipinski definition) is 6. The molecule has 0 radical (unpaired) electrons. The number of carbonyl (C=O) groups is 2. The number of ether oxygens (including phenoxy) is 2. The predicted molar refractivity (Wildman–Crippen MR) is 199 cm³/mol. The van der Waals surface area contributed by atoms with Crippen LogP contribution in [0.2, 0.25) is 0 Å². The molecule has 264 valence electrons. The maximum Gasteiger partial charge on any atom is 0.264 e. The summed E-state index contributed by atoms with van der Waals surface area (Å²) in [7, 11) is -1.41. The molecule has 0 bridgehead atoms. The molecule has 0 aliphatic heterocycles. The van der Waals surface area contributed by atoms with Crippen LogP contribution in [0.4, 0.5) is 5.69 Å². The Morgan fingerprint density at radius 2 is 1.50 bits per heavy atom. The second-order valence-electron chi connectivity index (χ2n) is 12.6. The third-order valence-electron chi connectivity index (χ3n) is 9.03. The van der Waals surface area contributed by atoms with Crippen LogP contribution in [-0.2, 0) is 32.6 Å². The van der Waals surface area contributed by atoms with Crippen LogP contribution in [0.5, 0.6) is 11.5 Å². The van der Waals surface area contributed by atoms with Crippen LogP contribution < -0.4 is 19.1 Å². The number of carbonyl (C=O) groups excluding carboxylic acids is 2. The molecule has 1 aliphatic rings. The first kappa shape index (κ1) is 36.9. The summed E-state index contributed by atoms with van der Waals surface area (Å²) in [6.07, 6.45) is 5.24. The van der Waals surface area contributed by atoms with Crippen LogP contribution in [0.3, 0.4) is 0 Å². The van der Waals surface area contributed by atoms with Gasteiger partial charge in [0.1, 0.15) is 12.6 Å². The van der Waals surface area contributed by atoms with Crippen molar-refractivity contribution in [2.45, 2.75) is 69.0 Å². The highest BCUT2D eigenvalue weighted by Crippen LogP contribution is 2.33. The van der Waals surface area contributed by atoms with Crippen LogP contribution in [-0.4, -0.2) is 58.0 Å². The number of methoxy groups -OCH3 is 2. The number of anilines is 1. The highest BCUT2D eigenvalue weighted by Gasteiger charge is 2.35. The number of aryl methyl sites for hydroxylation is 1. The van der Waals surface area contributed by atoms with E-state index in [2.05, 4.69) is 21.2 Å². The van der Waals surface area contributed by atoms with E-state index < -0.39 is 28.5 Å². The molecule has 50 heavy (non-hydrogen) atoms. The summed E-state index contributed by atoms with van der Waals surface area (Å²) >= 11 is 3.48. The van der Waals surface area contributed by atoms with Gasteiger partial charge in [-0.25, -0.2) is 8.42 Å². The third-order valence-corrected chi connectivity index (χ3v) is 11.3. The van der Waals surface area contributed by atoms with E-state index in [1.54, 1.807) is 24.3 Å². The average molecular weight is 763 g/mol. The second-order valence-corrected chi connectivity index (χ2v) is 15.3. The summed E-state index contributed by atoms with van der Waals surface area (Å²) in [6.45, 7) is 1.46. The summed E-state index contributed by atoms with van der Waals surface area (Å²) in [5, 5.41) is 3.24. The summed E-state index contributed by atoms with van der Waals surface area (Å²) in [6, 6.07) is 27.5. The van der Waals surface area contributed by atoms with E-state index in [1.807, 2.05) is 61.5 Å². The molecule has 9 nitrogen and oxygen atoms in total. The van der Waals surface area contributed by atoms with Crippen molar-refractivity contribution >= 4 is 43.5 Å². The number of hydrogen-bond donors (Lipinski definition) is 1. The van der Waals surface area contributed by atoms with Crippen LogP contribution in [0.25, 0.3) is 0 Å². The first-order valence-corrected chi connectivity index (χ1v) is 19.0. The number of halogens is 1. The Labute approximate surface area is 303 Å². The van der Waals surface area contributed by atoms with Gasteiger partial charge in [0.25, 0.3) is 10.0 Å². The van der Waals surface area contributed by atoms with Gasteiger partial charge in [0.15, 0.2) is 11.5 Å². The monoisotopic (exact) mass is 761 g/mol. The first-order chi connectivity index (χ1) is 24.1. The normalized spacial score (nSPS) is 14.0. The van der Waals surface area contributed by atoms with Crippen molar-refractivity contribution in [2.24, 2.45) is 0 Å². The van der Waals surface area contributed by atoms with E-state index >= 15 is 0 Å². The van der Waals surface area contributed by atoms with Crippen molar-refractivity contribution in [2.75, 3.05) is 25.1 Å². The second kappa shape index (κ2) is 17.0. The fourth-order valence-corrected chi connectivity index (χ4v) is 7.92. The minimum absolute atomic E-state index is 0.0219. The van der Waals surface area contributed by atoms with Crippen LogP contribution in [0.1, 0.15) is 48.8 Å². The molecule has 0 heterocycles. The SMILES string of the molecule is COc1ccc(S(=O)(=O)N(CC(=O)N(Cc2ccc(Br)cc2)C(Cc2ccccc2)C(=O)NC2CCCCC2)c2ccc(C)cc2)cc1OC. The maximum absolute atomic E-state index is 14.8. The quantitative estimate of drug-likeness (QED) is 0.148. The zero-order valence-electron chi connectivity index (χ0n) is 28.7. The lowest BCUT2D eigenvalue weighted by Crippen LogP contribution is -2.55. The minimum Gasteiger partial charge on any atom is -0.493 e. The zero-order valence-corrected chi connectivity index (χ0v) is 31.1. The van der Waals surface area contributed by atoms with E-state index in [1.165, 1.54) is 37.3 Å². The molecule has 4 aromatic carbocycles. The van der Waals surface area contributed by atoms with Gasteiger partial charge in [0.05, 0.1) is 24.8 Å². The molecule has 2 amide bonds. The molecule has 0 saturated heterocycles. The first-order valence-electron chi connectivity index (χ1n) is 16.8. The van der Waals surface area contributed by atoms with Crippen molar-refractivity contribution in [1.82, 2.24) is 10.2 Å². The van der Waals surface area contributed by atoms with Gasteiger partial charge in [-0.05, 0) is 67.3 Å². The molecule has 1 atom stereocenters. The molecule has 11 heteroatoms. The Morgan fingerprint density at radius 3 is 2.14 bits per heavy atom. The van der Waals surface area contributed by atoms with E-state index in [-0.39, 0.29) is 35.6 Å². The number of amides is 2. The van der Waals surface area contributed by atoms with Crippen molar-refractivity contribution in [3.63, 3.8) is 0 Å². The van der Waals surface area contributed by atoms with Crippen molar-refractivity contribution in [1.29, 1.82) is 0 Å². The highest BCUT2D eigenvalue weighted by atomic mass is 79.9. The van der Waals surface area contributed by atoms with Gasteiger partial charge in [-0.15, -0.1) is 0 Å². The van der Waals surface area contributed by atoms with Gasteiger partial charge >= 0.3 is 0 Å². The Hall–Kier alpha value is -4.35. The van der Waals surface area contributed by atoms with Gasteiger partial charge in [0, 0.05) is 29.5 Å². The number of nitrogens with one attached hydrogen (secondary N) is 1. The number of nitrogens with zero attached hydrogens (tertiary/aromatic N) is 2. The van der Waals surface area contributed by atoms with Gasteiger partial charge in [-0.1, -0.05) is 95.4 Å². The lowest BCUT2D eigenvalue weighted by atomic mass is 9.94. The molecule has 0 aromatic heterocycles. The van der Waals surface area contributed by atoms with Gasteiger partial charge < -0.3 is 19.7 Å². The van der Waals surface area contributed by atoms with Crippen LogP contribution in [0, 0.1) is 6.92 Å². The molecule has 1 fully saturated rings. The molecular formula is C39H44BrN3O6S. The highest BCUT2D eigenvalue weighted by molar-refractivity contribution is 9.10. The molecule has 4 aromatic rings. The third kappa shape index (κ3) is 9.25. The Bertz CT molecular complexity index is 1850. The zero-order chi connectivity index (χ0) is 35.7. The molecule has 1 N–H and O–H groups in total. The molecule has 5 rings (SSSR count). The molecular weight excluding hydrogens is 718 g/mol. The van der Waals surface area contributed by atoms with E-state index in [0.717, 1.165) is 57.6 Å². The fourth-order valence-electron chi connectivity index (χ4n) is 6.23. The molecule has 1 saturated carbocycles. The number of benzene rings is 4. The smallest absolute Gasteiger partial charge is 0.264 e. The standard InChI is InChI=1S/C39H44BrN3O6S/c1-28-14-20-33(21-15-28)43(50(46,47)34-22-23-36(48-2)37(25-34)49-3)27-38(44)42(26-30-16-18-31(40)19-17-30)35(24-29-10-6-4-7-11-29)39(45)41-32-12-8-5-9-13-32/h4,6-7,10-11,14-23,25,32,35H,5,8-9,12-13,24,26-27H2,1-3H3,(H,41,45). The van der Waals surface area contributed by atoms with Gasteiger partial charge in [-0.3, -0.25) is 13.9 Å². The van der Waals surface area contributed by atoms with Crippen LogP contribution in [0.15, 0.2) is 106 Å². The van der Waals surface area contributed by atoms with Gasteiger partial charge in [-0.2, -0.15) is 0 Å². The van der Waals surface area contributed by atoms with Crippen molar-refractivity contribution in [3.05, 3.63) is 118 Å². The summed E-state index contributed by atoms with van der Waals surface area (Å²) < 4.78 is 41.7. The number of sulfonamides is 1. The average Bonchev–Trinajstić information content (AvgIpc) is 3.13. The van der Waals surface area contributed by atoms with Gasteiger partial charge in [0.2, 0.25) is 11.8 Å². The molecule has 1 aliphatic carbocycles. The van der Waals surface area contributed by atoms with E-state index in [9.17, 15) is 18.0 Å². The lowest BCUT2D eigenvalue weighted by Gasteiger charge is -2.35. The van der Waals surface area contributed by atoms with Crippen LogP contribution >= 0.6 is 15.9 Å². The summed E-state index contributed by atoms with van der Waals surface area (Å²) in [4.78, 5) is 30.5. The number of rotatable bonds is 14. The van der Waals surface area contributed by atoms with E-state index in [0.29, 0.717) is 11.4 Å². The lowest BCUT2D eigenvalue weighted by molar-refractivity contribution is -0.140. The summed E-state index contributed by atoms with van der Waals surface area (Å²) in [5.74, 6) is -0.158. The minimum atomic E-state index is -4.32. The largest absolute Gasteiger partial charge is 0.493 e. The fraction of sp³-hybridized carbons (Fsp3) is 0.333. The summed E-state index contributed by atoms with van der Waals surface area (Å²) in [5.41, 5.74) is 2.93. The predicted octanol–water partition coefficient (Wildman–Crippen LogP) is 7.06. The topological polar surface area (TPSA) is 105 Å². The van der Waals surface area contributed by atoms with E-state index in [4.69, 9.17) is 9.47 Å². The Morgan fingerprint density at radius 1 is 0.840 bits per heavy atom. The maximum atomic E-state index is 14.8. The molecule has 0 spiro atoms. The Balaban J connectivity index is 1.57. The van der Waals surface area contributed by atoms with Crippen molar-refractivity contribution in [3.8, 4) is 11.5 Å².